The van der Waals surface area contributed by atoms with E-state index in [0.717, 1.165) is 12.8 Å². The third-order valence-electron chi connectivity index (χ3n) is 3.08. The zero-order valence-electron chi connectivity index (χ0n) is 10.7. The van der Waals surface area contributed by atoms with Crippen LogP contribution in [0, 0.1) is 0 Å². The van der Waals surface area contributed by atoms with Crippen molar-refractivity contribution < 1.29 is 19.8 Å². The van der Waals surface area contributed by atoms with Crippen molar-refractivity contribution in [1.29, 1.82) is 0 Å². The van der Waals surface area contributed by atoms with E-state index in [1.54, 1.807) is 30.6 Å². The van der Waals surface area contributed by atoms with Gasteiger partial charge in [0, 0.05) is 22.0 Å². The molecule has 0 aliphatic heterocycles. The number of nitrogens with one attached hydrogen (secondary N) is 1. The van der Waals surface area contributed by atoms with Crippen LogP contribution in [0.3, 0.4) is 0 Å². The summed E-state index contributed by atoms with van der Waals surface area (Å²) in [7, 11) is 1.64. The largest absolute Gasteiger partial charge is 0.480 e. The Hall–Kier alpha value is -0.440. The Morgan fingerprint density at radius 2 is 1.74 bits per heavy atom. The summed E-state index contributed by atoms with van der Waals surface area (Å²) in [6.07, 6.45) is 2.10. The number of hydrogen-bond acceptors (Lipinski definition) is 6. The predicted octanol–water partition coefficient (Wildman–Crippen LogP) is 0.0683. The molecule has 110 valence electrons. The van der Waals surface area contributed by atoms with E-state index >= 15 is 0 Å². The van der Waals surface area contributed by atoms with Crippen LogP contribution in [0.25, 0.3) is 0 Å². The summed E-state index contributed by atoms with van der Waals surface area (Å²) in [6, 6.07) is -1.35. The van der Waals surface area contributed by atoms with Gasteiger partial charge in [0.05, 0.1) is 0 Å². The van der Waals surface area contributed by atoms with Crippen molar-refractivity contribution in [2.45, 2.75) is 35.4 Å². The molecule has 0 heterocycles. The van der Waals surface area contributed by atoms with Crippen LogP contribution in [0.4, 0.5) is 0 Å². The van der Waals surface area contributed by atoms with Gasteiger partial charge in [0.15, 0.2) is 0 Å². The Morgan fingerprint density at radius 3 is 2.11 bits per heavy atom. The monoisotopic (exact) mass is 308 g/mol. The summed E-state index contributed by atoms with van der Waals surface area (Å²) >= 11 is 3.22. The smallest absolute Gasteiger partial charge is 0.321 e. The van der Waals surface area contributed by atoms with E-state index in [-0.39, 0.29) is 0 Å². The molecule has 1 aliphatic rings. The molecule has 1 saturated carbocycles. The van der Waals surface area contributed by atoms with Gasteiger partial charge >= 0.3 is 11.9 Å². The Balaban J connectivity index is 2.25. The van der Waals surface area contributed by atoms with E-state index in [1.165, 1.54) is 0 Å². The van der Waals surface area contributed by atoms with Crippen molar-refractivity contribution in [3.8, 4) is 0 Å². The molecule has 6 nitrogen and oxygen atoms in total. The highest BCUT2D eigenvalue weighted by atomic mass is 32.2. The first-order chi connectivity index (χ1) is 8.95. The van der Waals surface area contributed by atoms with Gasteiger partial charge in [0.25, 0.3) is 0 Å². The lowest BCUT2D eigenvalue weighted by Crippen LogP contribution is -2.40. The summed E-state index contributed by atoms with van der Waals surface area (Å²) in [4.78, 5) is 21.5. The molecule has 4 atom stereocenters. The predicted molar refractivity (Wildman–Crippen MR) is 77.8 cm³/mol. The van der Waals surface area contributed by atoms with Crippen LogP contribution in [-0.4, -0.2) is 63.3 Å². The van der Waals surface area contributed by atoms with Gasteiger partial charge in [-0.1, -0.05) is 0 Å². The van der Waals surface area contributed by atoms with E-state index in [9.17, 15) is 9.59 Å². The SMILES string of the molecule is CNC(CSC1CCC1SCC(N)C(=O)O)C(=O)O. The Morgan fingerprint density at radius 1 is 1.21 bits per heavy atom. The molecule has 0 saturated heterocycles. The van der Waals surface area contributed by atoms with E-state index in [1.807, 2.05) is 0 Å². The third-order valence-corrected chi connectivity index (χ3v) is 6.32. The molecule has 4 unspecified atom stereocenters. The van der Waals surface area contributed by atoms with Crippen molar-refractivity contribution in [2.24, 2.45) is 5.73 Å². The first-order valence-electron chi connectivity index (χ1n) is 6.07. The van der Waals surface area contributed by atoms with Crippen molar-refractivity contribution in [3.63, 3.8) is 0 Å². The van der Waals surface area contributed by atoms with Gasteiger partial charge in [-0.25, -0.2) is 0 Å². The minimum absolute atomic E-state index is 0.390. The molecular weight excluding hydrogens is 288 g/mol. The number of aliphatic carboxylic acids is 2. The van der Waals surface area contributed by atoms with Crippen LogP contribution in [-0.2, 0) is 9.59 Å². The van der Waals surface area contributed by atoms with Gasteiger partial charge in [0.1, 0.15) is 12.1 Å². The molecule has 0 aromatic rings. The van der Waals surface area contributed by atoms with Crippen LogP contribution in [0.5, 0.6) is 0 Å². The number of nitrogens with two attached hydrogens (primary N) is 1. The van der Waals surface area contributed by atoms with E-state index in [0.29, 0.717) is 22.0 Å². The van der Waals surface area contributed by atoms with Crippen molar-refractivity contribution in [2.75, 3.05) is 18.6 Å². The Labute approximate surface area is 120 Å². The highest BCUT2D eigenvalue weighted by Gasteiger charge is 2.33. The fraction of sp³-hybridized carbons (Fsp3) is 0.818. The van der Waals surface area contributed by atoms with Crippen LogP contribution < -0.4 is 11.1 Å². The lowest BCUT2D eigenvalue weighted by atomic mass is 9.99. The number of carboxylic acid groups (broad SMARTS) is 2. The highest BCUT2D eigenvalue weighted by Crippen LogP contribution is 2.40. The average molecular weight is 308 g/mol. The summed E-state index contributed by atoms with van der Waals surface area (Å²) in [5.41, 5.74) is 5.46. The maximum atomic E-state index is 10.9. The summed E-state index contributed by atoms with van der Waals surface area (Å²) in [6.45, 7) is 0. The zero-order valence-corrected chi connectivity index (χ0v) is 12.4. The summed E-state index contributed by atoms with van der Waals surface area (Å²) < 4.78 is 0. The quantitative estimate of drug-likeness (QED) is 0.473. The second-order valence-corrected chi connectivity index (χ2v) is 6.99. The molecular formula is C11H20N2O4S2. The van der Waals surface area contributed by atoms with Crippen molar-refractivity contribution in [1.82, 2.24) is 5.32 Å². The first-order valence-corrected chi connectivity index (χ1v) is 8.17. The maximum absolute atomic E-state index is 10.9. The highest BCUT2D eigenvalue weighted by molar-refractivity contribution is 8.04. The first kappa shape index (κ1) is 16.6. The molecule has 1 fully saturated rings. The normalized spacial score (nSPS) is 25.4. The standard InChI is InChI=1S/C11H20N2O4S2/c1-13-7(11(16)17)5-19-9-3-2-8(9)18-4-6(12)10(14)15/h6-9,13H,2-5,12H2,1H3,(H,14,15)(H,16,17). The molecule has 0 aromatic carbocycles. The lowest BCUT2D eigenvalue weighted by Gasteiger charge is -2.36. The van der Waals surface area contributed by atoms with Gasteiger partial charge in [-0.15, -0.1) is 0 Å². The van der Waals surface area contributed by atoms with E-state index in [4.69, 9.17) is 15.9 Å². The fourth-order valence-corrected chi connectivity index (χ4v) is 4.74. The van der Waals surface area contributed by atoms with E-state index in [2.05, 4.69) is 5.32 Å². The van der Waals surface area contributed by atoms with Gasteiger partial charge in [-0.05, 0) is 19.9 Å². The number of carboxylic acids is 2. The van der Waals surface area contributed by atoms with Crippen LogP contribution >= 0.6 is 23.5 Å². The summed E-state index contributed by atoms with van der Waals surface area (Å²) in [5, 5.41) is 21.2. The molecule has 0 bridgehead atoms. The van der Waals surface area contributed by atoms with Gasteiger partial charge in [-0.2, -0.15) is 23.5 Å². The molecule has 0 spiro atoms. The van der Waals surface area contributed by atoms with Crippen molar-refractivity contribution in [3.05, 3.63) is 0 Å². The fourth-order valence-electron chi connectivity index (χ4n) is 1.62. The minimum atomic E-state index is -0.975. The summed E-state index contributed by atoms with van der Waals surface area (Å²) in [5.74, 6) is -0.882. The third kappa shape index (κ3) is 5.21. The van der Waals surface area contributed by atoms with Gasteiger partial charge < -0.3 is 21.3 Å². The minimum Gasteiger partial charge on any atom is -0.480 e. The average Bonchev–Trinajstić information content (AvgIpc) is 2.32. The Bertz CT molecular complexity index is 330. The molecule has 5 N–H and O–H groups in total. The number of carbonyl (C=O) groups is 2. The maximum Gasteiger partial charge on any atom is 0.321 e. The van der Waals surface area contributed by atoms with Crippen LogP contribution in [0.15, 0.2) is 0 Å². The molecule has 8 heteroatoms. The lowest BCUT2D eigenvalue weighted by molar-refractivity contribution is -0.139. The van der Waals surface area contributed by atoms with Crippen molar-refractivity contribution >= 4 is 35.5 Å². The molecule has 1 rings (SSSR count). The Kier molecular flexibility index (Phi) is 6.98. The van der Waals surface area contributed by atoms with E-state index < -0.39 is 24.0 Å². The second-order valence-electron chi connectivity index (χ2n) is 4.45. The molecule has 0 amide bonds. The zero-order chi connectivity index (χ0) is 14.4. The molecule has 0 radical (unpaired) electrons. The number of hydrogen-bond donors (Lipinski definition) is 4. The number of rotatable bonds is 9. The molecule has 19 heavy (non-hydrogen) atoms. The molecule has 1 aliphatic carbocycles. The van der Waals surface area contributed by atoms with Gasteiger partial charge in [0.2, 0.25) is 0 Å². The van der Waals surface area contributed by atoms with Crippen LogP contribution in [0.1, 0.15) is 12.8 Å². The van der Waals surface area contributed by atoms with Gasteiger partial charge in [-0.3, -0.25) is 9.59 Å². The molecule has 0 aromatic heterocycles. The number of likely N-dealkylation sites (N-methyl/N-ethyl adjacent to an activating group) is 1. The topological polar surface area (TPSA) is 113 Å². The van der Waals surface area contributed by atoms with Crippen LogP contribution in [0.2, 0.25) is 0 Å². The number of thioether (sulfide) groups is 2. The second kappa shape index (κ2) is 7.98.